The molecule has 2 aromatic rings. The van der Waals surface area contributed by atoms with Crippen molar-refractivity contribution >= 4 is 29.2 Å². The van der Waals surface area contributed by atoms with Gasteiger partial charge in [0.1, 0.15) is 0 Å². The molecule has 0 fully saturated rings. The van der Waals surface area contributed by atoms with Gasteiger partial charge in [-0.3, -0.25) is 4.79 Å². The molecule has 0 aliphatic heterocycles. The van der Waals surface area contributed by atoms with E-state index in [1.165, 1.54) is 19.2 Å². The maximum Gasteiger partial charge on any atom is 0.262 e. The van der Waals surface area contributed by atoms with Gasteiger partial charge < -0.3 is 24.7 Å². The molecule has 1 amide bonds. The zero-order valence-corrected chi connectivity index (χ0v) is 13.8. The summed E-state index contributed by atoms with van der Waals surface area (Å²) in [5.41, 5.74) is 1.51. The van der Waals surface area contributed by atoms with Gasteiger partial charge in [0.2, 0.25) is 0 Å². The number of ether oxygens (including phenoxy) is 2. The van der Waals surface area contributed by atoms with Crippen molar-refractivity contribution in [2.75, 3.05) is 19.0 Å². The van der Waals surface area contributed by atoms with Crippen LogP contribution in [0.15, 0.2) is 36.4 Å². The number of methoxy groups -OCH3 is 1. The highest BCUT2D eigenvalue weighted by Crippen LogP contribution is 2.36. The van der Waals surface area contributed by atoms with Gasteiger partial charge in [0, 0.05) is 11.3 Å². The molecule has 0 atom stereocenters. The molecule has 0 spiro atoms. The van der Waals surface area contributed by atoms with Gasteiger partial charge in [-0.05, 0) is 36.8 Å². The van der Waals surface area contributed by atoms with Crippen LogP contribution in [0.2, 0.25) is 5.02 Å². The Labute approximate surface area is 144 Å². The molecule has 0 unspecified atom stereocenters. The Morgan fingerprint density at radius 3 is 2.62 bits per heavy atom. The number of aromatic carboxylic acids is 1. The molecule has 24 heavy (non-hydrogen) atoms. The Morgan fingerprint density at radius 1 is 1.25 bits per heavy atom. The van der Waals surface area contributed by atoms with Crippen LogP contribution in [0.1, 0.15) is 15.9 Å². The number of amides is 1. The number of carboxylic acids is 1. The number of hydrogen-bond acceptors (Lipinski definition) is 5. The predicted molar refractivity (Wildman–Crippen MR) is 87.6 cm³/mol. The molecule has 2 rings (SSSR count). The third kappa shape index (κ3) is 4.39. The van der Waals surface area contributed by atoms with E-state index >= 15 is 0 Å². The standard InChI is InChI=1S/C17H16ClNO5/c1-10-4-3-5-12(6-10)19-15(20)9-24-16-13(18)7-11(17(21)22)8-14(16)23-2/h3-8H,9H2,1-2H3,(H,19,20)(H,21,22)/p-1. The first kappa shape index (κ1) is 17.6. The molecule has 0 aliphatic rings. The molecule has 0 aromatic heterocycles. The van der Waals surface area contributed by atoms with Crippen LogP contribution in [-0.4, -0.2) is 25.6 Å². The number of benzene rings is 2. The molecule has 2 aromatic carbocycles. The van der Waals surface area contributed by atoms with E-state index in [-0.39, 0.29) is 34.6 Å². The molecule has 7 heteroatoms. The van der Waals surface area contributed by atoms with E-state index in [2.05, 4.69) is 5.32 Å². The smallest absolute Gasteiger partial charge is 0.262 e. The number of anilines is 1. The summed E-state index contributed by atoms with van der Waals surface area (Å²) in [6.45, 7) is 1.60. The molecule has 1 N–H and O–H groups in total. The first-order valence-electron chi connectivity index (χ1n) is 6.99. The van der Waals surface area contributed by atoms with Gasteiger partial charge >= 0.3 is 0 Å². The molecule has 0 saturated carbocycles. The normalized spacial score (nSPS) is 10.1. The van der Waals surface area contributed by atoms with E-state index in [9.17, 15) is 14.7 Å². The Morgan fingerprint density at radius 2 is 2.00 bits per heavy atom. The lowest BCUT2D eigenvalue weighted by Gasteiger charge is -2.14. The first-order valence-corrected chi connectivity index (χ1v) is 7.36. The summed E-state index contributed by atoms with van der Waals surface area (Å²) < 4.78 is 10.4. The number of rotatable bonds is 6. The fourth-order valence-corrected chi connectivity index (χ4v) is 2.30. The topological polar surface area (TPSA) is 87.7 Å². The summed E-state index contributed by atoms with van der Waals surface area (Å²) in [5, 5.41) is 13.6. The number of nitrogens with one attached hydrogen (secondary N) is 1. The minimum absolute atomic E-state index is 0.0110. The molecule has 6 nitrogen and oxygen atoms in total. The Hall–Kier alpha value is -2.73. The van der Waals surface area contributed by atoms with Crippen LogP contribution in [0.4, 0.5) is 5.69 Å². The second-order valence-corrected chi connectivity index (χ2v) is 5.39. The fraction of sp³-hybridized carbons (Fsp3) is 0.176. The van der Waals surface area contributed by atoms with Gasteiger partial charge in [-0.15, -0.1) is 0 Å². The molecular formula is C17H15ClNO5-. The molecule has 126 valence electrons. The van der Waals surface area contributed by atoms with Gasteiger partial charge in [-0.1, -0.05) is 23.7 Å². The van der Waals surface area contributed by atoms with E-state index < -0.39 is 5.97 Å². The Kier molecular flexibility index (Phi) is 5.65. The Balaban J connectivity index is 2.08. The summed E-state index contributed by atoms with van der Waals surface area (Å²) in [5.74, 6) is -1.59. The lowest BCUT2D eigenvalue weighted by Crippen LogP contribution is -2.23. The second kappa shape index (κ2) is 7.70. The van der Waals surface area contributed by atoms with Crippen LogP contribution < -0.4 is 19.9 Å². The minimum Gasteiger partial charge on any atom is -0.545 e. The van der Waals surface area contributed by atoms with Gasteiger partial charge in [-0.2, -0.15) is 0 Å². The molecule has 0 saturated heterocycles. The van der Waals surface area contributed by atoms with E-state index in [1.807, 2.05) is 25.1 Å². The van der Waals surface area contributed by atoms with Crippen molar-refractivity contribution in [2.45, 2.75) is 6.92 Å². The summed E-state index contributed by atoms with van der Waals surface area (Å²) >= 11 is 5.99. The van der Waals surface area contributed by atoms with Crippen molar-refractivity contribution in [3.05, 3.63) is 52.5 Å². The molecule has 0 radical (unpaired) electrons. The van der Waals surface area contributed by atoms with Gasteiger partial charge in [0.25, 0.3) is 5.91 Å². The van der Waals surface area contributed by atoms with E-state index in [1.54, 1.807) is 6.07 Å². The number of carbonyl (C=O) groups is 2. The van der Waals surface area contributed by atoms with Crippen molar-refractivity contribution in [1.29, 1.82) is 0 Å². The molecular weight excluding hydrogens is 334 g/mol. The first-order chi connectivity index (χ1) is 11.4. The van der Waals surface area contributed by atoms with Crippen LogP contribution in [0.25, 0.3) is 0 Å². The van der Waals surface area contributed by atoms with Crippen molar-refractivity contribution in [3.8, 4) is 11.5 Å². The number of hydrogen-bond donors (Lipinski definition) is 1. The Bertz CT molecular complexity index is 776. The van der Waals surface area contributed by atoms with E-state index in [0.29, 0.717) is 5.69 Å². The van der Waals surface area contributed by atoms with Crippen LogP contribution in [0.5, 0.6) is 11.5 Å². The van der Waals surface area contributed by atoms with Crippen molar-refractivity contribution < 1.29 is 24.2 Å². The highest BCUT2D eigenvalue weighted by Gasteiger charge is 2.14. The van der Waals surface area contributed by atoms with Gasteiger partial charge in [0.15, 0.2) is 18.1 Å². The van der Waals surface area contributed by atoms with Gasteiger partial charge in [-0.25, -0.2) is 0 Å². The van der Waals surface area contributed by atoms with Crippen molar-refractivity contribution in [1.82, 2.24) is 0 Å². The predicted octanol–water partition coefficient (Wildman–Crippen LogP) is 2.04. The summed E-state index contributed by atoms with van der Waals surface area (Å²) in [4.78, 5) is 22.9. The maximum atomic E-state index is 12.0. The molecule has 0 heterocycles. The maximum absolute atomic E-state index is 12.0. The summed E-state index contributed by atoms with van der Waals surface area (Å²) in [6, 6.07) is 9.70. The number of halogens is 1. The highest BCUT2D eigenvalue weighted by molar-refractivity contribution is 6.32. The highest BCUT2D eigenvalue weighted by atomic mass is 35.5. The number of carbonyl (C=O) groups excluding carboxylic acids is 2. The van der Waals surface area contributed by atoms with Crippen LogP contribution in [-0.2, 0) is 4.79 Å². The minimum atomic E-state index is -1.39. The SMILES string of the molecule is COc1cc(C(=O)[O-])cc(Cl)c1OCC(=O)Nc1cccc(C)c1. The summed E-state index contributed by atoms with van der Waals surface area (Å²) in [7, 11) is 1.34. The number of aryl methyl sites for hydroxylation is 1. The van der Waals surface area contributed by atoms with Crippen LogP contribution >= 0.6 is 11.6 Å². The van der Waals surface area contributed by atoms with E-state index in [0.717, 1.165) is 5.56 Å². The lowest BCUT2D eigenvalue weighted by molar-refractivity contribution is -0.255. The van der Waals surface area contributed by atoms with Crippen molar-refractivity contribution in [3.63, 3.8) is 0 Å². The lowest BCUT2D eigenvalue weighted by atomic mass is 10.2. The summed E-state index contributed by atoms with van der Waals surface area (Å²) in [6.07, 6.45) is 0. The third-order valence-corrected chi connectivity index (χ3v) is 3.40. The van der Waals surface area contributed by atoms with Gasteiger partial charge in [0.05, 0.1) is 18.1 Å². The fourth-order valence-electron chi connectivity index (χ4n) is 2.04. The largest absolute Gasteiger partial charge is 0.545 e. The van der Waals surface area contributed by atoms with Crippen molar-refractivity contribution in [2.24, 2.45) is 0 Å². The quantitative estimate of drug-likeness (QED) is 0.863. The zero-order chi connectivity index (χ0) is 17.7. The average molecular weight is 349 g/mol. The zero-order valence-electron chi connectivity index (χ0n) is 13.1. The van der Waals surface area contributed by atoms with Crippen LogP contribution in [0, 0.1) is 6.92 Å². The van der Waals surface area contributed by atoms with E-state index in [4.69, 9.17) is 21.1 Å². The molecule has 0 aliphatic carbocycles. The monoisotopic (exact) mass is 348 g/mol. The number of carboxylic acid groups (broad SMARTS) is 1. The van der Waals surface area contributed by atoms with Crippen LogP contribution in [0.3, 0.4) is 0 Å². The average Bonchev–Trinajstić information content (AvgIpc) is 2.52. The third-order valence-electron chi connectivity index (χ3n) is 3.11. The second-order valence-electron chi connectivity index (χ2n) is 4.98. The molecule has 0 bridgehead atoms.